The number of nitrogens with zero attached hydrogens (tertiary/aromatic N) is 1. The molecule has 158 valence electrons. The molecule has 0 spiro atoms. The SMILES string of the molecule is O=C(O)c1ccc(CCCN(C(=O)C2CC2)C(C2=CC=CCC2)C2=COC=CO2)s1. The van der Waals surface area contributed by atoms with Gasteiger partial charge in [-0.2, -0.15) is 0 Å². The fourth-order valence-corrected chi connectivity index (χ4v) is 4.66. The number of aryl methyl sites for hydroxylation is 1. The molecule has 1 aromatic rings. The van der Waals surface area contributed by atoms with E-state index in [0.717, 1.165) is 49.0 Å². The zero-order valence-corrected chi connectivity index (χ0v) is 17.5. The molecule has 2 aliphatic carbocycles. The first kappa shape index (κ1) is 20.5. The lowest BCUT2D eigenvalue weighted by molar-refractivity contribution is -0.134. The van der Waals surface area contributed by atoms with E-state index in [-0.39, 0.29) is 17.9 Å². The van der Waals surface area contributed by atoms with Gasteiger partial charge in [0.05, 0.1) is 0 Å². The summed E-state index contributed by atoms with van der Waals surface area (Å²) in [5, 5.41) is 9.12. The van der Waals surface area contributed by atoms with Gasteiger partial charge in [-0.05, 0) is 56.2 Å². The number of thiophene rings is 1. The number of ether oxygens (including phenoxy) is 2. The predicted octanol–water partition coefficient (Wildman–Crippen LogP) is 4.62. The van der Waals surface area contributed by atoms with Crippen LogP contribution in [0.2, 0.25) is 0 Å². The molecule has 0 saturated heterocycles. The zero-order valence-electron chi connectivity index (χ0n) is 16.7. The average molecular weight is 428 g/mol. The largest absolute Gasteiger partial charge is 0.477 e. The summed E-state index contributed by atoms with van der Waals surface area (Å²) in [5.74, 6) is -0.0268. The Bertz CT molecular complexity index is 922. The van der Waals surface area contributed by atoms with Gasteiger partial charge in [-0.1, -0.05) is 18.2 Å². The molecule has 1 amide bonds. The van der Waals surface area contributed by atoms with Crippen molar-refractivity contribution in [2.45, 2.75) is 44.6 Å². The van der Waals surface area contributed by atoms with Crippen molar-refractivity contribution in [3.05, 3.63) is 70.2 Å². The van der Waals surface area contributed by atoms with E-state index in [1.54, 1.807) is 12.3 Å². The Labute approximate surface area is 179 Å². The maximum absolute atomic E-state index is 13.2. The van der Waals surface area contributed by atoms with Gasteiger partial charge in [0.15, 0.2) is 5.76 Å². The number of carbonyl (C=O) groups excluding carboxylic acids is 1. The number of amides is 1. The highest BCUT2D eigenvalue weighted by atomic mass is 32.1. The number of allylic oxidation sites excluding steroid dienone is 3. The molecule has 1 aromatic heterocycles. The Morgan fingerprint density at radius 3 is 2.77 bits per heavy atom. The molecule has 0 bridgehead atoms. The molecule has 1 unspecified atom stereocenters. The molecule has 3 aliphatic rings. The van der Waals surface area contributed by atoms with E-state index in [4.69, 9.17) is 14.6 Å². The quantitative estimate of drug-likeness (QED) is 0.622. The average Bonchev–Trinajstić information content (AvgIpc) is 3.51. The predicted molar refractivity (Wildman–Crippen MR) is 114 cm³/mol. The van der Waals surface area contributed by atoms with Gasteiger partial charge >= 0.3 is 5.97 Å². The van der Waals surface area contributed by atoms with Crippen molar-refractivity contribution in [3.8, 4) is 0 Å². The first-order valence-electron chi connectivity index (χ1n) is 10.3. The smallest absolute Gasteiger partial charge is 0.345 e. The molecule has 7 heteroatoms. The first-order valence-corrected chi connectivity index (χ1v) is 11.1. The van der Waals surface area contributed by atoms with Crippen molar-refractivity contribution in [1.29, 1.82) is 0 Å². The van der Waals surface area contributed by atoms with Crippen LogP contribution in [0.1, 0.15) is 46.7 Å². The van der Waals surface area contributed by atoms with Crippen LogP contribution >= 0.6 is 11.3 Å². The highest BCUT2D eigenvalue weighted by molar-refractivity contribution is 7.13. The van der Waals surface area contributed by atoms with E-state index in [1.807, 2.05) is 17.0 Å². The fraction of sp³-hybridized carbons (Fsp3) is 0.391. The molecule has 4 rings (SSSR count). The van der Waals surface area contributed by atoms with E-state index in [0.29, 0.717) is 17.2 Å². The second-order valence-corrected chi connectivity index (χ2v) is 8.81. The molecule has 1 atom stereocenters. The van der Waals surface area contributed by atoms with E-state index in [1.165, 1.54) is 23.9 Å². The van der Waals surface area contributed by atoms with Crippen LogP contribution in [-0.2, 0) is 20.7 Å². The van der Waals surface area contributed by atoms with Crippen molar-refractivity contribution in [3.63, 3.8) is 0 Å². The summed E-state index contributed by atoms with van der Waals surface area (Å²) in [7, 11) is 0. The summed E-state index contributed by atoms with van der Waals surface area (Å²) < 4.78 is 11.1. The van der Waals surface area contributed by atoms with Crippen LogP contribution in [0.4, 0.5) is 0 Å². The summed E-state index contributed by atoms with van der Waals surface area (Å²) in [6.07, 6.45) is 15.9. The molecule has 1 fully saturated rings. The number of carboxylic acids is 1. The van der Waals surface area contributed by atoms with E-state index in [9.17, 15) is 9.59 Å². The van der Waals surface area contributed by atoms with Gasteiger partial charge in [-0.15, -0.1) is 11.3 Å². The summed E-state index contributed by atoms with van der Waals surface area (Å²) >= 11 is 1.30. The van der Waals surface area contributed by atoms with Gasteiger partial charge in [0.25, 0.3) is 0 Å². The van der Waals surface area contributed by atoms with Gasteiger partial charge in [-0.3, -0.25) is 4.79 Å². The lowest BCUT2D eigenvalue weighted by Gasteiger charge is -2.35. The molecule has 0 radical (unpaired) electrons. The minimum atomic E-state index is -0.899. The molecule has 1 aliphatic heterocycles. The molecule has 1 saturated carbocycles. The number of hydrogen-bond donors (Lipinski definition) is 1. The van der Waals surface area contributed by atoms with E-state index < -0.39 is 5.97 Å². The molecule has 2 heterocycles. The minimum Gasteiger partial charge on any atom is -0.477 e. The molecule has 1 N–H and O–H groups in total. The van der Waals surface area contributed by atoms with Crippen LogP contribution in [0.3, 0.4) is 0 Å². The Kier molecular flexibility index (Phi) is 6.38. The monoisotopic (exact) mass is 427 g/mol. The Morgan fingerprint density at radius 1 is 1.27 bits per heavy atom. The van der Waals surface area contributed by atoms with E-state index >= 15 is 0 Å². The number of carbonyl (C=O) groups is 2. The van der Waals surface area contributed by atoms with Crippen LogP contribution in [0, 0.1) is 5.92 Å². The van der Waals surface area contributed by atoms with Crippen molar-refractivity contribution in [2.24, 2.45) is 5.92 Å². The van der Waals surface area contributed by atoms with Gasteiger partial charge in [0, 0.05) is 17.3 Å². The van der Waals surface area contributed by atoms with Gasteiger partial charge in [0.2, 0.25) is 5.91 Å². The normalized spacial score (nSPS) is 18.7. The first-order chi connectivity index (χ1) is 14.6. The number of hydrogen-bond acceptors (Lipinski definition) is 5. The van der Waals surface area contributed by atoms with Gasteiger partial charge < -0.3 is 19.5 Å². The molecular formula is C23H25NO5S. The third kappa shape index (κ3) is 4.84. The Balaban J connectivity index is 1.52. The third-order valence-electron chi connectivity index (χ3n) is 5.41. The molecule has 6 nitrogen and oxygen atoms in total. The fourth-order valence-electron chi connectivity index (χ4n) is 3.77. The Hall–Kier alpha value is -2.80. The highest BCUT2D eigenvalue weighted by Gasteiger charge is 2.39. The standard InChI is InChI=1S/C23H25NO5S/c25-22(17-8-9-17)24(12-4-7-18-10-11-20(30-18)23(26)27)21(16-5-2-1-3-6-16)19-15-28-13-14-29-19/h1-2,5,10-11,13-15,17,21H,3-4,6-9,12H2,(H,26,27). The van der Waals surface area contributed by atoms with Gasteiger partial charge in [-0.25, -0.2) is 4.79 Å². The van der Waals surface area contributed by atoms with E-state index in [2.05, 4.69) is 12.2 Å². The maximum atomic E-state index is 13.2. The second kappa shape index (κ2) is 9.34. The summed E-state index contributed by atoms with van der Waals surface area (Å²) in [5.41, 5.74) is 1.14. The second-order valence-electron chi connectivity index (χ2n) is 7.64. The highest BCUT2D eigenvalue weighted by Crippen LogP contribution is 2.35. The summed E-state index contributed by atoms with van der Waals surface area (Å²) in [4.78, 5) is 27.6. The lowest BCUT2D eigenvalue weighted by Crippen LogP contribution is -2.45. The van der Waals surface area contributed by atoms with Crippen molar-refractivity contribution < 1.29 is 24.2 Å². The van der Waals surface area contributed by atoms with Crippen molar-refractivity contribution in [2.75, 3.05) is 6.54 Å². The topological polar surface area (TPSA) is 76.1 Å². The number of rotatable bonds is 9. The summed E-state index contributed by atoms with van der Waals surface area (Å²) in [6, 6.07) is 3.21. The van der Waals surface area contributed by atoms with Crippen LogP contribution < -0.4 is 0 Å². The van der Waals surface area contributed by atoms with Crippen molar-refractivity contribution >= 4 is 23.2 Å². The van der Waals surface area contributed by atoms with Gasteiger partial charge in [0.1, 0.15) is 29.7 Å². The number of aromatic carboxylic acids is 1. The molecule has 0 aromatic carbocycles. The van der Waals surface area contributed by atoms with Crippen LogP contribution in [-0.4, -0.2) is 34.5 Å². The summed E-state index contributed by atoms with van der Waals surface area (Å²) in [6.45, 7) is 0.575. The number of carboxylic acid groups (broad SMARTS) is 1. The molecule has 30 heavy (non-hydrogen) atoms. The minimum absolute atomic E-state index is 0.0910. The zero-order chi connectivity index (χ0) is 20.9. The van der Waals surface area contributed by atoms with Crippen molar-refractivity contribution in [1.82, 2.24) is 4.90 Å². The maximum Gasteiger partial charge on any atom is 0.345 e. The third-order valence-corrected chi connectivity index (χ3v) is 6.54. The lowest BCUT2D eigenvalue weighted by atomic mass is 9.94. The van der Waals surface area contributed by atoms with Crippen LogP contribution in [0.15, 0.2) is 60.5 Å². The van der Waals surface area contributed by atoms with Crippen LogP contribution in [0.5, 0.6) is 0 Å². The molecular weight excluding hydrogens is 402 g/mol. The Morgan fingerprint density at radius 2 is 2.13 bits per heavy atom. The van der Waals surface area contributed by atoms with Crippen LogP contribution in [0.25, 0.3) is 0 Å².